The molecule has 1 atom stereocenters. The van der Waals surface area contributed by atoms with Crippen molar-refractivity contribution in [3.8, 4) is 0 Å². The molecule has 0 spiro atoms. The summed E-state index contributed by atoms with van der Waals surface area (Å²) in [5.74, 6) is 3.45. The van der Waals surface area contributed by atoms with Crippen LogP contribution in [0.2, 0.25) is 0 Å². The lowest BCUT2D eigenvalue weighted by Gasteiger charge is -2.05. The Morgan fingerprint density at radius 3 is 2.79 bits per heavy atom. The van der Waals surface area contributed by atoms with Gasteiger partial charge in [-0.15, -0.1) is 0 Å². The fourth-order valence-corrected chi connectivity index (χ4v) is 1.94. The van der Waals surface area contributed by atoms with Crippen LogP contribution in [0.4, 0.5) is 0 Å². The number of thioether (sulfide) groups is 1. The van der Waals surface area contributed by atoms with Gasteiger partial charge in [-0.2, -0.15) is 11.8 Å². The van der Waals surface area contributed by atoms with E-state index < -0.39 is 6.10 Å². The minimum absolute atomic E-state index is 0.325. The summed E-state index contributed by atoms with van der Waals surface area (Å²) in [5, 5.41) is 9.21. The van der Waals surface area contributed by atoms with Crippen molar-refractivity contribution in [3.05, 3.63) is 23.7 Å². The SMILES string of the molecule is CCc1ccc(CSCC(O)CN)o1. The monoisotopic (exact) mass is 215 g/mol. The second-order valence-electron chi connectivity index (χ2n) is 3.13. The predicted octanol–water partition coefficient (Wildman–Crippen LogP) is 1.39. The molecule has 0 saturated carbocycles. The van der Waals surface area contributed by atoms with E-state index in [1.807, 2.05) is 12.1 Å². The summed E-state index contributed by atoms with van der Waals surface area (Å²) in [6, 6.07) is 3.98. The Morgan fingerprint density at radius 2 is 2.21 bits per heavy atom. The molecule has 0 amide bonds. The number of aliphatic hydroxyl groups is 1. The van der Waals surface area contributed by atoms with Crippen LogP contribution >= 0.6 is 11.8 Å². The first-order chi connectivity index (χ1) is 6.76. The fourth-order valence-electron chi connectivity index (χ4n) is 1.05. The molecule has 0 aliphatic rings. The van der Waals surface area contributed by atoms with Gasteiger partial charge in [0.15, 0.2) is 0 Å². The van der Waals surface area contributed by atoms with Crippen LogP contribution in [0.25, 0.3) is 0 Å². The molecule has 1 unspecified atom stereocenters. The zero-order valence-electron chi connectivity index (χ0n) is 8.40. The number of aryl methyl sites for hydroxylation is 1. The van der Waals surface area contributed by atoms with Gasteiger partial charge in [0.25, 0.3) is 0 Å². The summed E-state index contributed by atoms with van der Waals surface area (Å²) < 4.78 is 5.51. The Morgan fingerprint density at radius 1 is 1.50 bits per heavy atom. The Labute approximate surface area is 88.7 Å². The van der Waals surface area contributed by atoms with Crippen molar-refractivity contribution < 1.29 is 9.52 Å². The van der Waals surface area contributed by atoms with Crippen LogP contribution in [-0.2, 0) is 12.2 Å². The van der Waals surface area contributed by atoms with Gasteiger partial charge in [-0.1, -0.05) is 6.92 Å². The van der Waals surface area contributed by atoms with Crippen LogP contribution < -0.4 is 5.73 Å². The van der Waals surface area contributed by atoms with E-state index in [4.69, 9.17) is 10.2 Å². The highest BCUT2D eigenvalue weighted by Gasteiger charge is 2.03. The normalized spacial score (nSPS) is 13.1. The lowest BCUT2D eigenvalue weighted by atomic mass is 10.4. The summed E-state index contributed by atoms with van der Waals surface area (Å²) in [6.45, 7) is 2.39. The van der Waals surface area contributed by atoms with Gasteiger partial charge in [0.1, 0.15) is 11.5 Å². The molecule has 1 aromatic rings. The zero-order chi connectivity index (χ0) is 10.4. The fraction of sp³-hybridized carbons (Fsp3) is 0.600. The summed E-state index contributed by atoms with van der Waals surface area (Å²) in [7, 11) is 0. The minimum Gasteiger partial charge on any atom is -0.465 e. The molecular formula is C10H17NO2S. The quantitative estimate of drug-likeness (QED) is 0.753. The molecule has 4 heteroatoms. The number of furan rings is 1. The highest BCUT2D eigenvalue weighted by atomic mass is 32.2. The second-order valence-corrected chi connectivity index (χ2v) is 4.16. The van der Waals surface area contributed by atoms with Gasteiger partial charge in [0, 0.05) is 18.7 Å². The molecule has 0 bridgehead atoms. The molecule has 1 rings (SSSR count). The first-order valence-corrected chi connectivity index (χ1v) is 5.95. The first-order valence-electron chi connectivity index (χ1n) is 4.79. The molecule has 0 radical (unpaired) electrons. The van der Waals surface area contributed by atoms with Gasteiger partial charge in [-0.25, -0.2) is 0 Å². The third kappa shape index (κ3) is 3.74. The molecule has 0 fully saturated rings. The van der Waals surface area contributed by atoms with Gasteiger partial charge in [0.05, 0.1) is 11.9 Å². The maximum absolute atomic E-state index is 9.21. The largest absolute Gasteiger partial charge is 0.465 e. The van der Waals surface area contributed by atoms with Crippen molar-refractivity contribution in [1.29, 1.82) is 0 Å². The van der Waals surface area contributed by atoms with Gasteiger partial charge in [-0.3, -0.25) is 0 Å². The number of hydrogen-bond acceptors (Lipinski definition) is 4. The van der Waals surface area contributed by atoms with Gasteiger partial charge in [-0.05, 0) is 12.1 Å². The van der Waals surface area contributed by atoms with E-state index in [0.29, 0.717) is 12.3 Å². The molecule has 0 saturated heterocycles. The van der Waals surface area contributed by atoms with Crippen molar-refractivity contribution in [2.45, 2.75) is 25.2 Å². The van der Waals surface area contributed by atoms with E-state index in [0.717, 1.165) is 23.7 Å². The predicted molar refractivity (Wildman–Crippen MR) is 59.3 cm³/mol. The third-order valence-electron chi connectivity index (χ3n) is 1.89. The highest BCUT2D eigenvalue weighted by molar-refractivity contribution is 7.98. The topological polar surface area (TPSA) is 59.4 Å². The van der Waals surface area contributed by atoms with E-state index in [9.17, 15) is 5.11 Å². The average Bonchev–Trinajstić information content (AvgIpc) is 2.65. The van der Waals surface area contributed by atoms with Crippen LogP contribution in [0.5, 0.6) is 0 Å². The Balaban J connectivity index is 2.24. The molecule has 3 N–H and O–H groups in total. The highest BCUT2D eigenvalue weighted by Crippen LogP contribution is 2.16. The average molecular weight is 215 g/mol. The Hall–Kier alpha value is -0.450. The lowest BCUT2D eigenvalue weighted by molar-refractivity contribution is 0.208. The maximum Gasteiger partial charge on any atom is 0.114 e. The summed E-state index contributed by atoms with van der Waals surface area (Å²) in [6.07, 6.45) is 0.524. The molecule has 1 heterocycles. The molecule has 3 nitrogen and oxygen atoms in total. The van der Waals surface area contributed by atoms with Crippen molar-refractivity contribution in [1.82, 2.24) is 0 Å². The van der Waals surface area contributed by atoms with E-state index in [1.54, 1.807) is 11.8 Å². The van der Waals surface area contributed by atoms with Crippen LogP contribution in [0.3, 0.4) is 0 Å². The van der Waals surface area contributed by atoms with Gasteiger partial charge in [0.2, 0.25) is 0 Å². The van der Waals surface area contributed by atoms with Crippen molar-refractivity contribution in [3.63, 3.8) is 0 Å². The van der Waals surface area contributed by atoms with E-state index >= 15 is 0 Å². The molecule has 0 aliphatic carbocycles. The third-order valence-corrected chi connectivity index (χ3v) is 3.00. The number of aliphatic hydroxyl groups excluding tert-OH is 1. The first kappa shape index (κ1) is 11.6. The molecule has 1 aromatic heterocycles. The minimum atomic E-state index is -0.402. The van der Waals surface area contributed by atoms with Crippen molar-refractivity contribution in [2.75, 3.05) is 12.3 Å². The Kier molecular flexibility index (Phi) is 5.07. The van der Waals surface area contributed by atoms with Crippen LogP contribution in [-0.4, -0.2) is 23.5 Å². The van der Waals surface area contributed by atoms with E-state index in [-0.39, 0.29) is 0 Å². The maximum atomic E-state index is 9.21. The second kappa shape index (κ2) is 6.11. The van der Waals surface area contributed by atoms with Crippen molar-refractivity contribution in [2.24, 2.45) is 5.73 Å². The Bertz CT molecular complexity index is 262. The standard InChI is InChI=1S/C10H17NO2S/c1-2-9-3-4-10(13-9)7-14-6-8(12)5-11/h3-4,8,12H,2,5-7,11H2,1H3. The van der Waals surface area contributed by atoms with Gasteiger partial charge < -0.3 is 15.3 Å². The smallest absolute Gasteiger partial charge is 0.114 e. The van der Waals surface area contributed by atoms with Crippen molar-refractivity contribution >= 4 is 11.8 Å². The number of nitrogens with two attached hydrogens (primary N) is 1. The zero-order valence-corrected chi connectivity index (χ0v) is 9.22. The van der Waals surface area contributed by atoms with E-state index in [1.165, 1.54) is 0 Å². The lowest BCUT2D eigenvalue weighted by Crippen LogP contribution is -2.21. The number of hydrogen-bond donors (Lipinski definition) is 2. The molecular weight excluding hydrogens is 198 g/mol. The molecule has 0 aromatic carbocycles. The van der Waals surface area contributed by atoms with Gasteiger partial charge >= 0.3 is 0 Å². The van der Waals surface area contributed by atoms with Crippen LogP contribution in [0.1, 0.15) is 18.4 Å². The number of rotatable bonds is 6. The molecule has 0 aliphatic heterocycles. The van der Waals surface area contributed by atoms with Crippen LogP contribution in [0.15, 0.2) is 16.5 Å². The molecule has 14 heavy (non-hydrogen) atoms. The van der Waals surface area contributed by atoms with E-state index in [2.05, 4.69) is 6.92 Å². The molecule has 80 valence electrons. The summed E-state index contributed by atoms with van der Waals surface area (Å²) in [4.78, 5) is 0. The summed E-state index contributed by atoms with van der Waals surface area (Å²) >= 11 is 1.64. The summed E-state index contributed by atoms with van der Waals surface area (Å²) in [5.41, 5.74) is 5.29. The van der Waals surface area contributed by atoms with Crippen LogP contribution in [0, 0.1) is 0 Å².